The SMILES string of the molecule is O[C@@H](COc1ccccc1-c1nc2ccccc2s1)c1ccccc1F. The Morgan fingerprint density at radius 1 is 0.962 bits per heavy atom. The summed E-state index contributed by atoms with van der Waals surface area (Å²) in [7, 11) is 0. The second-order valence-corrected chi connectivity index (χ2v) is 6.86. The molecule has 0 saturated carbocycles. The monoisotopic (exact) mass is 365 g/mol. The van der Waals surface area contributed by atoms with Crippen LogP contribution in [0.4, 0.5) is 4.39 Å². The van der Waals surface area contributed by atoms with Gasteiger partial charge in [0.1, 0.15) is 29.3 Å². The van der Waals surface area contributed by atoms with Crippen LogP contribution in [0.5, 0.6) is 5.75 Å². The third-order valence-corrected chi connectivity index (χ3v) is 5.14. The average Bonchev–Trinajstić information content (AvgIpc) is 3.11. The van der Waals surface area contributed by atoms with Crippen LogP contribution >= 0.6 is 11.3 Å². The molecule has 0 aliphatic rings. The van der Waals surface area contributed by atoms with E-state index in [4.69, 9.17) is 4.74 Å². The van der Waals surface area contributed by atoms with Crippen molar-refractivity contribution in [3.63, 3.8) is 0 Å². The third-order valence-electron chi connectivity index (χ3n) is 4.07. The summed E-state index contributed by atoms with van der Waals surface area (Å²) < 4.78 is 20.7. The van der Waals surface area contributed by atoms with E-state index in [0.717, 1.165) is 20.8 Å². The standard InChI is InChI=1S/C21H16FNO2S/c22-16-9-3-1-7-14(16)18(24)13-25-19-11-5-2-8-15(19)21-23-17-10-4-6-12-20(17)26-21/h1-12,18,24H,13H2/t18-/m0/s1. The first-order valence-electron chi connectivity index (χ1n) is 8.22. The van der Waals surface area contributed by atoms with Gasteiger partial charge in [-0.2, -0.15) is 0 Å². The summed E-state index contributed by atoms with van der Waals surface area (Å²) in [6, 6.07) is 21.7. The average molecular weight is 365 g/mol. The number of aliphatic hydroxyl groups is 1. The van der Waals surface area contributed by atoms with Crippen molar-refractivity contribution < 1.29 is 14.2 Å². The summed E-state index contributed by atoms with van der Waals surface area (Å²) in [4.78, 5) is 4.66. The van der Waals surface area contributed by atoms with E-state index in [-0.39, 0.29) is 12.2 Å². The first-order chi connectivity index (χ1) is 12.7. The predicted octanol–water partition coefficient (Wildman–Crippen LogP) is 5.21. The van der Waals surface area contributed by atoms with E-state index < -0.39 is 11.9 Å². The van der Waals surface area contributed by atoms with E-state index in [2.05, 4.69) is 4.98 Å². The zero-order valence-electron chi connectivity index (χ0n) is 13.8. The van der Waals surface area contributed by atoms with Crippen molar-refractivity contribution in [2.24, 2.45) is 0 Å². The number of thiazole rings is 1. The molecule has 1 N–H and O–H groups in total. The first kappa shape index (κ1) is 16.7. The normalized spacial score (nSPS) is 12.2. The Labute approximate surface area is 154 Å². The Morgan fingerprint density at radius 2 is 1.69 bits per heavy atom. The maximum absolute atomic E-state index is 13.8. The van der Waals surface area contributed by atoms with Crippen LogP contribution < -0.4 is 4.74 Å². The zero-order chi connectivity index (χ0) is 17.9. The number of fused-ring (bicyclic) bond motifs is 1. The van der Waals surface area contributed by atoms with Gasteiger partial charge in [0.15, 0.2) is 0 Å². The van der Waals surface area contributed by atoms with Crippen LogP contribution in [0.1, 0.15) is 11.7 Å². The molecule has 0 aliphatic heterocycles. The molecule has 0 fully saturated rings. The molecule has 0 radical (unpaired) electrons. The molecule has 0 bridgehead atoms. The van der Waals surface area contributed by atoms with Crippen molar-refractivity contribution in [3.8, 4) is 16.3 Å². The molecule has 1 aromatic heterocycles. The minimum absolute atomic E-state index is 0.0388. The predicted molar refractivity (Wildman–Crippen MR) is 102 cm³/mol. The number of ether oxygens (including phenoxy) is 1. The molecule has 4 rings (SSSR count). The number of aromatic nitrogens is 1. The molecule has 4 aromatic rings. The Hall–Kier alpha value is -2.76. The molecule has 0 aliphatic carbocycles. The molecule has 3 nitrogen and oxygen atoms in total. The van der Waals surface area contributed by atoms with Crippen molar-refractivity contribution >= 4 is 21.6 Å². The molecule has 5 heteroatoms. The van der Waals surface area contributed by atoms with Crippen molar-refractivity contribution in [1.29, 1.82) is 0 Å². The zero-order valence-corrected chi connectivity index (χ0v) is 14.6. The molecular weight excluding hydrogens is 349 g/mol. The molecule has 0 unspecified atom stereocenters. The van der Waals surface area contributed by atoms with Gasteiger partial charge in [0.25, 0.3) is 0 Å². The second-order valence-electron chi connectivity index (χ2n) is 5.83. The van der Waals surface area contributed by atoms with Gasteiger partial charge in [0, 0.05) is 5.56 Å². The number of nitrogens with zero attached hydrogens (tertiary/aromatic N) is 1. The highest BCUT2D eigenvalue weighted by Gasteiger charge is 2.15. The summed E-state index contributed by atoms with van der Waals surface area (Å²) in [5.74, 6) is 0.171. The number of para-hydroxylation sites is 2. The van der Waals surface area contributed by atoms with E-state index in [1.54, 1.807) is 29.5 Å². The van der Waals surface area contributed by atoms with Crippen LogP contribution in [-0.4, -0.2) is 16.7 Å². The van der Waals surface area contributed by atoms with Crippen molar-refractivity contribution in [3.05, 3.63) is 84.2 Å². The van der Waals surface area contributed by atoms with E-state index in [0.29, 0.717) is 5.75 Å². The highest BCUT2D eigenvalue weighted by atomic mass is 32.1. The summed E-state index contributed by atoms with van der Waals surface area (Å²) in [5.41, 5.74) is 2.02. The fraction of sp³-hybridized carbons (Fsp3) is 0.0952. The lowest BCUT2D eigenvalue weighted by molar-refractivity contribution is 0.105. The van der Waals surface area contributed by atoms with E-state index in [1.807, 2.05) is 48.5 Å². The summed E-state index contributed by atoms with van der Waals surface area (Å²) in [5, 5.41) is 11.1. The largest absolute Gasteiger partial charge is 0.490 e. The number of hydrogen-bond acceptors (Lipinski definition) is 4. The van der Waals surface area contributed by atoms with Gasteiger partial charge in [-0.25, -0.2) is 9.37 Å². The Balaban J connectivity index is 1.59. The minimum atomic E-state index is -1.04. The van der Waals surface area contributed by atoms with E-state index >= 15 is 0 Å². The summed E-state index contributed by atoms with van der Waals surface area (Å²) in [6.07, 6.45) is -1.04. The molecule has 1 atom stereocenters. The molecular formula is C21H16FNO2S. The lowest BCUT2D eigenvalue weighted by Gasteiger charge is -2.15. The second kappa shape index (κ2) is 7.23. The van der Waals surface area contributed by atoms with Crippen LogP contribution in [0, 0.1) is 5.82 Å². The minimum Gasteiger partial charge on any atom is -0.490 e. The molecule has 0 spiro atoms. The number of rotatable bonds is 5. The van der Waals surface area contributed by atoms with Crippen molar-refractivity contribution in [1.82, 2.24) is 4.98 Å². The number of benzene rings is 3. The van der Waals surface area contributed by atoms with Crippen molar-refractivity contribution in [2.45, 2.75) is 6.10 Å². The van der Waals surface area contributed by atoms with Gasteiger partial charge >= 0.3 is 0 Å². The molecule has 1 heterocycles. The maximum atomic E-state index is 13.8. The molecule has 0 saturated heterocycles. The quantitative estimate of drug-likeness (QED) is 0.528. The maximum Gasteiger partial charge on any atom is 0.129 e. The van der Waals surface area contributed by atoms with Crippen LogP contribution in [0.3, 0.4) is 0 Å². The topological polar surface area (TPSA) is 42.4 Å². The Kier molecular flexibility index (Phi) is 4.65. The summed E-state index contributed by atoms with van der Waals surface area (Å²) in [6.45, 7) is -0.0388. The highest BCUT2D eigenvalue weighted by Crippen LogP contribution is 2.36. The van der Waals surface area contributed by atoms with Crippen LogP contribution in [0.2, 0.25) is 0 Å². The summed E-state index contributed by atoms with van der Waals surface area (Å²) >= 11 is 1.58. The third kappa shape index (κ3) is 3.31. The Morgan fingerprint density at radius 3 is 2.54 bits per heavy atom. The van der Waals surface area contributed by atoms with E-state index in [9.17, 15) is 9.50 Å². The lowest BCUT2D eigenvalue weighted by atomic mass is 10.1. The molecule has 0 amide bonds. The highest BCUT2D eigenvalue weighted by molar-refractivity contribution is 7.21. The van der Waals surface area contributed by atoms with Crippen molar-refractivity contribution in [2.75, 3.05) is 6.61 Å². The Bertz CT molecular complexity index is 1010. The van der Waals surface area contributed by atoms with Gasteiger partial charge in [-0.15, -0.1) is 11.3 Å². The fourth-order valence-electron chi connectivity index (χ4n) is 2.76. The number of hydrogen-bond donors (Lipinski definition) is 1. The van der Waals surface area contributed by atoms with Gasteiger partial charge in [0.2, 0.25) is 0 Å². The smallest absolute Gasteiger partial charge is 0.129 e. The van der Waals surface area contributed by atoms with Gasteiger partial charge in [-0.05, 0) is 30.3 Å². The van der Waals surface area contributed by atoms with Crippen LogP contribution in [0.25, 0.3) is 20.8 Å². The molecule has 26 heavy (non-hydrogen) atoms. The molecule has 130 valence electrons. The van der Waals surface area contributed by atoms with Gasteiger partial charge in [-0.1, -0.05) is 42.5 Å². The van der Waals surface area contributed by atoms with Gasteiger partial charge in [-0.3, -0.25) is 0 Å². The van der Waals surface area contributed by atoms with Gasteiger partial charge in [0.05, 0.1) is 15.8 Å². The lowest BCUT2D eigenvalue weighted by Crippen LogP contribution is -2.11. The first-order valence-corrected chi connectivity index (χ1v) is 9.04. The van der Waals surface area contributed by atoms with Gasteiger partial charge < -0.3 is 9.84 Å². The number of halogens is 1. The van der Waals surface area contributed by atoms with E-state index in [1.165, 1.54) is 6.07 Å². The fourth-order valence-corrected chi connectivity index (χ4v) is 3.76. The van der Waals surface area contributed by atoms with Crippen LogP contribution in [-0.2, 0) is 0 Å². The molecule has 3 aromatic carbocycles. The number of aliphatic hydroxyl groups excluding tert-OH is 1. The van der Waals surface area contributed by atoms with Crippen LogP contribution in [0.15, 0.2) is 72.8 Å².